The van der Waals surface area contributed by atoms with Gasteiger partial charge in [0.2, 0.25) is 0 Å². The van der Waals surface area contributed by atoms with Gasteiger partial charge in [0, 0.05) is 17.6 Å². The molecule has 0 atom stereocenters. The molecule has 2 heteroatoms. The second-order valence-electron chi connectivity index (χ2n) is 5.98. The number of hydrogen-bond donors (Lipinski definition) is 1. The third-order valence-corrected chi connectivity index (χ3v) is 4.69. The summed E-state index contributed by atoms with van der Waals surface area (Å²) in [7, 11) is 0. The Morgan fingerprint density at radius 1 is 1.21 bits per heavy atom. The Morgan fingerprint density at radius 3 is 2.58 bits per heavy atom. The SMILES string of the molecule is CCCC1CCC(NCc2ccc(C)cc2Cl)CC1. The van der Waals surface area contributed by atoms with Gasteiger partial charge in [0.1, 0.15) is 0 Å². The first kappa shape index (κ1) is 14.9. The minimum Gasteiger partial charge on any atom is -0.310 e. The highest BCUT2D eigenvalue weighted by atomic mass is 35.5. The van der Waals surface area contributed by atoms with Crippen LogP contribution < -0.4 is 5.32 Å². The summed E-state index contributed by atoms with van der Waals surface area (Å²) >= 11 is 6.27. The van der Waals surface area contributed by atoms with Crippen molar-refractivity contribution in [3.8, 4) is 0 Å². The predicted molar refractivity (Wildman–Crippen MR) is 83.7 cm³/mol. The van der Waals surface area contributed by atoms with Crippen LogP contribution in [0, 0.1) is 12.8 Å². The number of aryl methyl sites for hydroxylation is 1. The molecule has 106 valence electrons. The van der Waals surface area contributed by atoms with Gasteiger partial charge in [0.15, 0.2) is 0 Å². The van der Waals surface area contributed by atoms with Crippen LogP contribution in [0.5, 0.6) is 0 Å². The standard InChI is InChI=1S/C17H26ClN/c1-3-4-14-6-9-16(10-7-14)19-12-15-8-5-13(2)11-17(15)18/h5,8,11,14,16,19H,3-4,6-7,9-10,12H2,1-2H3. The van der Waals surface area contributed by atoms with E-state index >= 15 is 0 Å². The largest absolute Gasteiger partial charge is 0.310 e. The summed E-state index contributed by atoms with van der Waals surface area (Å²) in [4.78, 5) is 0. The Labute approximate surface area is 122 Å². The molecule has 0 aromatic heterocycles. The van der Waals surface area contributed by atoms with Crippen molar-refractivity contribution in [1.29, 1.82) is 0 Å². The third-order valence-electron chi connectivity index (χ3n) is 4.33. The number of rotatable bonds is 5. The summed E-state index contributed by atoms with van der Waals surface area (Å²) in [6, 6.07) is 7.02. The van der Waals surface area contributed by atoms with Crippen molar-refractivity contribution in [2.75, 3.05) is 0 Å². The minimum atomic E-state index is 0.686. The molecule has 1 fully saturated rings. The molecule has 1 aliphatic carbocycles. The van der Waals surface area contributed by atoms with Crippen LogP contribution in [0.1, 0.15) is 56.6 Å². The van der Waals surface area contributed by atoms with Gasteiger partial charge in [-0.25, -0.2) is 0 Å². The van der Waals surface area contributed by atoms with Crippen LogP contribution in [0.2, 0.25) is 5.02 Å². The van der Waals surface area contributed by atoms with E-state index in [-0.39, 0.29) is 0 Å². The molecule has 1 aromatic rings. The fourth-order valence-corrected chi connectivity index (χ4v) is 3.42. The molecule has 0 heterocycles. The van der Waals surface area contributed by atoms with Crippen LogP contribution in [0.15, 0.2) is 18.2 Å². The van der Waals surface area contributed by atoms with Gasteiger partial charge in [-0.1, -0.05) is 43.5 Å². The lowest BCUT2D eigenvalue weighted by atomic mass is 9.83. The monoisotopic (exact) mass is 279 g/mol. The van der Waals surface area contributed by atoms with Crippen molar-refractivity contribution in [1.82, 2.24) is 5.32 Å². The van der Waals surface area contributed by atoms with Gasteiger partial charge in [-0.15, -0.1) is 0 Å². The lowest BCUT2D eigenvalue weighted by molar-refractivity contribution is 0.277. The maximum absolute atomic E-state index is 6.27. The minimum absolute atomic E-state index is 0.686. The zero-order valence-electron chi connectivity index (χ0n) is 12.2. The van der Waals surface area contributed by atoms with Crippen molar-refractivity contribution < 1.29 is 0 Å². The van der Waals surface area contributed by atoms with Gasteiger partial charge >= 0.3 is 0 Å². The smallest absolute Gasteiger partial charge is 0.0453 e. The van der Waals surface area contributed by atoms with E-state index in [9.17, 15) is 0 Å². The molecule has 1 aromatic carbocycles. The van der Waals surface area contributed by atoms with Crippen molar-refractivity contribution >= 4 is 11.6 Å². The van der Waals surface area contributed by atoms with Crippen LogP contribution in [-0.4, -0.2) is 6.04 Å². The number of benzene rings is 1. The third kappa shape index (κ3) is 4.50. The fraction of sp³-hybridized carbons (Fsp3) is 0.647. The summed E-state index contributed by atoms with van der Waals surface area (Å²) in [6.45, 7) is 5.28. The highest BCUT2D eigenvalue weighted by molar-refractivity contribution is 6.31. The van der Waals surface area contributed by atoms with E-state index in [0.717, 1.165) is 17.5 Å². The van der Waals surface area contributed by atoms with Crippen LogP contribution in [0.25, 0.3) is 0 Å². The van der Waals surface area contributed by atoms with Crippen LogP contribution in [0.4, 0.5) is 0 Å². The van der Waals surface area contributed by atoms with E-state index in [0.29, 0.717) is 6.04 Å². The van der Waals surface area contributed by atoms with E-state index < -0.39 is 0 Å². The van der Waals surface area contributed by atoms with Crippen LogP contribution in [-0.2, 0) is 6.54 Å². The highest BCUT2D eigenvalue weighted by Crippen LogP contribution is 2.28. The topological polar surface area (TPSA) is 12.0 Å². The first-order valence-electron chi connectivity index (χ1n) is 7.67. The van der Waals surface area contributed by atoms with Gasteiger partial charge in [0.25, 0.3) is 0 Å². The Morgan fingerprint density at radius 2 is 1.95 bits per heavy atom. The van der Waals surface area contributed by atoms with Crippen LogP contribution in [0.3, 0.4) is 0 Å². The Kier molecular flexibility index (Phi) is 5.72. The molecular weight excluding hydrogens is 254 g/mol. The molecule has 19 heavy (non-hydrogen) atoms. The van der Waals surface area contributed by atoms with Gasteiger partial charge in [-0.2, -0.15) is 0 Å². The summed E-state index contributed by atoms with van der Waals surface area (Å²) in [5.41, 5.74) is 2.46. The highest BCUT2D eigenvalue weighted by Gasteiger charge is 2.20. The quantitative estimate of drug-likeness (QED) is 0.791. The van der Waals surface area contributed by atoms with Crippen molar-refractivity contribution in [3.63, 3.8) is 0 Å². The molecule has 0 unspecified atom stereocenters. The van der Waals surface area contributed by atoms with Gasteiger partial charge < -0.3 is 5.32 Å². The van der Waals surface area contributed by atoms with Crippen molar-refractivity contribution in [2.45, 2.75) is 65.0 Å². The maximum atomic E-state index is 6.27. The Balaban J connectivity index is 1.77. The summed E-state index contributed by atoms with van der Waals surface area (Å²) in [5, 5.41) is 4.57. The first-order chi connectivity index (χ1) is 9.19. The van der Waals surface area contributed by atoms with Crippen LogP contribution >= 0.6 is 11.6 Å². The second-order valence-corrected chi connectivity index (χ2v) is 6.39. The zero-order valence-corrected chi connectivity index (χ0v) is 13.0. The average molecular weight is 280 g/mol. The van der Waals surface area contributed by atoms with E-state index in [1.54, 1.807) is 0 Å². The Bertz CT molecular complexity index is 394. The van der Waals surface area contributed by atoms with Crippen molar-refractivity contribution in [3.05, 3.63) is 34.3 Å². The molecule has 2 rings (SSSR count). The van der Waals surface area contributed by atoms with E-state index in [1.807, 2.05) is 0 Å². The van der Waals surface area contributed by atoms with Crippen molar-refractivity contribution in [2.24, 2.45) is 5.92 Å². The molecule has 0 amide bonds. The average Bonchev–Trinajstić information content (AvgIpc) is 2.40. The predicted octanol–water partition coefficient (Wildman–Crippen LogP) is 5.10. The van der Waals surface area contributed by atoms with Gasteiger partial charge in [-0.05, 0) is 55.7 Å². The lowest BCUT2D eigenvalue weighted by Gasteiger charge is -2.29. The first-order valence-corrected chi connectivity index (χ1v) is 8.05. The molecule has 1 N–H and O–H groups in total. The molecule has 1 nitrogen and oxygen atoms in total. The number of hydrogen-bond acceptors (Lipinski definition) is 1. The molecule has 0 spiro atoms. The molecule has 1 saturated carbocycles. The molecular formula is C17H26ClN. The molecule has 0 radical (unpaired) electrons. The normalized spacial score (nSPS) is 23.5. The summed E-state index contributed by atoms with van der Waals surface area (Å²) < 4.78 is 0. The van der Waals surface area contributed by atoms with E-state index in [1.165, 1.54) is 49.7 Å². The lowest BCUT2D eigenvalue weighted by Crippen LogP contribution is -2.32. The number of halogens is 1. The fourth-order valence-electron chi connectivity index (χ4n) is 3.11. The zero-order chi connectivity index (χ0) is 13.7. The maximum Gasteiger partial charge on any atom is 0.0453 e. The molecule has 0 bridgehead atoms. The molecule has 1 aliphatic rings. The Hall–Kier alpha value is -0.530. The molecule has 0 saturated heterocycles. The molecule has 0 aliphatic heterocycles. The van der Waals surface area contributed by atoms with Gasteiger partial charge in [-0.3, -0.25) is 0 Å². The summed E-state index contributed by atoms with van der Waals surface area (Å²) in [5.74, 6) is 0.978. The van der Waals surface area contributed by atoms with Gasteiger partial charge in [0.05, 0.1) is 0 Å². The number of nitrogens with one attached hydrogen (secondary N) is 1. The van der Waals surface area contributed by atoms with E-state index in [2.05, 4.69) is 37.4 Å². The second kappa shape index (κ2) is 7.31. The van der Waals surface area contributed by atoms with E-state index in [4.69, 9.17) is 11.6 Å². The summed E-state index contributed by atoms with van der Waals surface area (Å²) in [6.07, 6.45) is 8.20.